The summed E-state index contributed by atoms with van der Waals surface area (Å²) in [5.74, 6) is -0.423. The molecule has 0 amide bonds. The second kappa shape index (κ2) is 14.7. The van der Waals surface area contributed by atoms with Gasteiger partial charge in [0.15, 0.2) is 0 Å². The predicted molar refractivity (Wildman–Crippen MR) is 214 cm³/mol. The highest BCUT2D eigenvalue weighted by Crippen LogP contribution is 2.37. The third-order valence-electron chi connectivity index (χ3n) is 10.4. The lowest BCUT2D eigenvalue weighted by molar-refractivity contribution is 0.723. The van der Waals surface area contributed by atoms with E-state index in [1.54, 1.807) is 0 Å². The minimum Gasteiger partial charge on any atom is -0.256 e. The largest absolute Gasteiger partial charge is 0.256 e. The molecule has 8 rings (SSSR count). The van der Waals surface area contributed by atoms with Crippen molar-refractivity contribution in [3.63, 3.8) is 0 Å². The van der Waals surface area contributed by atoms with Crippen molar-refractivity contribution in [1.29, 1.82) is 0 Å². The van der Waals surface area contributed by atoms with Crippen molar-refractivity contribution in [1.82, 2.24) is 9.97 Å². The summed E-state index contributed by atoms with van der Waals surface area (Å²) >= 11 is 0. The van der Waals surface area contributed by atoms with Crippen LogP contribution in [0.3, 0.4) is 0 Å². The molecule has 1 aliphatic rings. The molecule has 0 aliphatic heterocycles. The van der Waals surface area contributed by atoms with Crippen molar-refractivity contribution in [2.24, 2.45) is 0 Å². The number of aryl methyl sites for hydroxylation is 4. The molecule has 1 saturated carbocycles. The lowest BCUT2D eigenvalue weighted by Gasteiger charge is -2.14. The van der Waals surface area contributed by atoms with Crippen molar-refractivity contribution >= 4 is 0 Å². The fourth-order valence-corrected chi connectivity index (χ4v) is 7.60. The van der Waals surface area contributed by atoms with Crippen molar-refractivity contribution in [2.45, 2.75) is 58.3 Å². The average Bonchev–Trinajstić information content (AvgIpc) is 3.65. The first-order valence-electron chi connectivity index (χ1n) is 18.8. The van der Waals surface area contributed by atoms with Crippen molar-refractivity contribution < 1.29 is 1.37 Å². The number of nitrogens with zero attached hydrogens (tertiary/aromatic N) is 2. The molecule has 250 valence electrons. The van der Waals surface area contributed by atoms with E-state index in [9.17, 15) is 0 Å². The van der Waals surface area contributed by atoms with Gasteiger partial charge in [-0.1, -0.05) is 140 Å². The summed E-state index contributed by atoms with van der Waals surface area (Å²) in [6.07, 6.45) is 10.0. The van der Waals surface area contributed by atoms with Crippen LogP contribution < -0.4 is 0 Å². The maximum absolute atomic E-state index is 8.91. The zero-order valence-electron chi connectivity index (χ0n) is 30.6. The summed E-state index contributed by atoms with van der Waals surface area (Å²) in [6, 6.07) is 50.4. The third kappa shape index (κ3) is 7.32. The first-order valence-corrected chi connectivity index (χ1v) is 18.3. The van der Waals surface area contributed by atoms with Crippen LogP contribution in [0.2, 0.25) is 0 Å². The van der Waals surface area contributed by atoms with E-state index in [2.05, 4.69) is 146 Å². The maximum atomic E-state index is 8.91. The molecule has 2 heterocycles. The molecule has 5 aromatic carbocycles. The Bertz CT molecular complexity index is 2300. The molecular weight excluding hydrogens is 617 g/mol. The summed E-state index contributed by atoms with van der Waals surface area (Å²) in [6.45, 7) is 4.33. The van der Waals surface area contributed by atoms with Crippen LogP contribution >= 0.6 is 0 Å². The lowest BCUT2D eigenvalue weighted by atomic mass is 9.91. The first kappa shape index (κ1) is 31.4. The molecule has 2 aromatic heterocycles. The second-order valence-electron chi connectivity index (χ2n) is 14.0. The number of aromatic nitrogens is 2. The van der Waals surface area contributed by atoms with Gasteiger partial charge in [-0.3, -0.25) is 9.97 Å². The molecule has 0 saturated heterocycles. The monoisotopic (exact) mass is 661 g/mol. The highest BCUT2D eigenvalue weighted by atomic mass is 14.7. The Labute approximate surface area is 304 Å². The highest BCUT2D eigenvalue weighted by molar-refractivity contribution is 5.85. The van der Waals surface area contributed by atoms with E-state index in [1.165, 1.54) is 50.1 Å². The molecule has 0 bridgehead atoms. The lowest BCUT2D eigenvalue weighted by Crippen LogP contribution is -1.94. The standard InChI is InChI=1S/C49H44N2/c1-34-29-37(15-14-36-16-18-42(19-17-36)48-13-7-8-28-50-48)31-44(30-34)46-12-6-5-11-45(46)40-24-26-43(27-25-40)49-32-47(35(2)33-51-49)41-22-20-39(21-23-41)38-9-3-4-10-38/h5-8,11-13,16-33,38H,3-4,9-10,14-15H2,1-2H3/i38D. The zero-order valence-corrected chi connectivity index (χ0v) is 29.6. The summed E-state index contributed by atoms with van der Waals surface area (Å²) in [4.78, 5) is 9.33. The quantitative estimate of drug-likeness (QED) is 0.154. The van der Waals surface area contributed by atoms with Crippen molar-refractivity contribution in [3.8, 4) is 55.9 Å². The van der Waals surface area contributed by atoms with Crippen LogP contribution in [0.5, 0.6) is 0 Å². The van der Waals surface area contributed by atoms with Crippen LogP contribution in [0.15, 0.2) is 152 Å². The topological polar surface area (TPSA) is 25.8 Å². The fourth-order valence-electron chi connectivity index (χ4n) is 7.60. The zero-order chi connectivity index (χ0) is 35.5. The van der Waals surface area contributed by atoms with E-state index in [0.29, 0.717) is 0 Å². The Morgan fingerprint density at radius 1 is 0.529 bits per heavy atom. The van der Waals surface area contributed by atoms with Crippen LogP contribution in [0.1, 0.15) is 60.8 Å². The Hall–Kier alpha value is -5.60. The fraction of sp³-hybridized carbons (Fsp3) is 0.184. The summed E-state index contributed by atoms with van der Waals surface area (Å²) in [7, 11) is 0. The van der Waals surface area contributed by atoms with Crippen molar-refractivity contribution in [2.75, 3.05) is 0 Å². The molecule has 1 fully saturated rings. The van der Waals surface area contributed by atoms with Gasteiger partial charge in [0.05, 0.1) is 11.4 Å². The summed E-state index contributed by atoms with van der Waals surface area (Å²) in [5.41, 5.74) is 17.7. The van der Waals surface area contributed by atoms with Crippen LogP contribution in [0.4, 0.5) is 0 Å². The van der Waals surface area contributed by atoms with Gasteiger partial charge in [0.25, 0.3) is 0 Å². The number of benzene rings is 5. The van der Waals surface area contributed by atoms with Gasteiger partial charge in [-0.15, -0.1) is 0 Å². The van der Waals surface area contributed by atoms with Crippen LogP contribution in [-0.2, 0) is 12.8 Å². The molecule has 0 N–H and O–H groups in total. The molecule has 51 heavy (non-hydrogen) atoms. The van der Waals surface area contributed by atoms with E-state index < -0.39 is 5.89 Å². The van der Waals surface area contributed by atoms with E-state index in [4.69, 9.17) is 6.35 Å². The van der Waals surface area contributed by atoms with E-state index in [1.807, 2.05) is 24.5 Å². The second-order valence-corrected chi connectivity index (χ2v) is 14.0. The Morgan fingerprint density at radius 3 is 1.86 bits per heavy atom. The molecule has 0 spiro atoms. The molecule has 0 unspecified atom stereocenters. The molecule has 7 aromatic rings. The Balaban J connectivity index is 1.01. The van der Waals surface area contributed by atoms with Crippen LogP contribution in [-0.4, -0.2) is 9.97 Å². The molecule has 1 aliphatic carbocycles. The third-order valence-corrected chi connectivity index (χ3v) is 10.4. The molecular formula is C49H44N2. The van der Waals surface area contributed by atoms with Crippen LogP contribution in [0, 0.1) is 13.8 Å². The number of hydrogen-bond donors (Lipinski definition) is 0. The minimum absolute atomic E-state index is 0.423. The van der Waals surface area contributed by atoms with Gasteiger partial charge in [0.2, 0.25) is 0 Å². The predicted octanol–water partition coefficient (Wildman–Crippen LogP) is 12.9. The normalized spacial score (nSPS) is 14.0. The van der Waals surface area contributed by atoms with Gasteiger partial charge in [-0.05, 0) is 119 Å². The van der Waals surface area contributed by atoms with E-state index in [0.717, 1.165) is 72.2 Å². The number of rotatable bonds is 9. The Kier molecular flexibility index (Phi) is 9.05. The van der Waals surface area contributed by atoms with E-state index in [-0.39, 0.29) is 0 Å². The van der Waals surface area contributed by atoms with Gasteiger partial charge >= 0.3 is 0 Å². The highest BCUT2D eigenvalue weighted by Gasteiger charge is 2.17. The van der Waals surface area contributed by atoms with Gasteiger partial charge in [0, 0.05) is 24.9 Å². The van der Waals surface area contributed by atoms with Gasteiger partial charge in [-0.25, -0.2) is 0 Å². The van der Waals surface area contributed by atoms with Gasteiger partial charge in [0.1, 0.15) is 0 Å². The number of pyridine rings is 2. The summed E-state index contributed by atoms with van der Waals surface area (Å²) < 4.78 is 8.91. The van der Waals surface area contributed by atoms with Crippen molar-refractivity contribution in [3.05, 3.63) is 180 Å². The van der Waals surface area contributed by atoms with E-state index >= 15 is 0 Å². The summed E-state index contributed by atoms with van der Waals surface area (Å²) in [5, 5.41) is 0. The van der Waals surface area contributed by atoms with Gasteiger partial charge < -0.3 is 0 Å². The first-order chi connectivity index (χ1) is 25.4. The molecule has 2 heteroatoms. The molecule has 2 nitrogen and oxygen atoms in total. The smallest absolute Gasteiger partial charge is 0.0708 e. The molecule has 0 radical (unpaired) electrons. The van der Waals surface area contributed by atoms with Gasteiger partial charge in [-0.2, -0.15) is 0 Å². The number of hydrogen-bond acceptors (Lipinski definition) is 2. The molecule has 0 atom stereocenters. The SMILES string of the molecule is [2H]C1(c2ccc(-c3cc(-c4ccc(-c5ccccc5-c5cc(C)cc(CCc6ccc(-c7ccccn7)cc6)c5)cc4)ncc3C)cc2)CCCC1. The maximum Gasteiger partial charge on any atom is 0.0708 e. The average molecular weight is 662 g/mol. The Morgan fingerprint density at radius 2 is 1.14 bits per heavy atom. The minimum atomic E-state index is -0.423. The van der Waals surface area contributed by atoms with Crippen LogP contribution in [0.25, 0.3) is 55.9 Å².